The Morgan fingerprint density at radius 1 is 1.08 bits per heavy atom. The number of aliphatic hydroxyl groups excluding tert-OH is 3. The molecule has 4 rings (SSSR count). The quantitative estimate of drug-likeness (QED) is 0.683. The number of nitrogens with zero attached hydrogens (tertiary/aromatic N) is 5. The van der Waals surface area contributed by atoms with Crippen LogP contribution >= 0.6 is 0 Å². The fourth-order valence-electron chi connectivity index (χ4n) is 3.47. The summed E-state index contributed by atoms with van der Waals surface area (Å²) >= 11 is 0. The van der Waals surface area contributed by atoms with Gasteiger partial charge in [-0.3, -0.25) is 4.57 Å². The van der Waals surface area contributed by atoms with Gasteiger partial charge in [-0.05, 0) is 19.3 Å². The van der Waals surface area contributed by atoms with E-state index in [1.54, 1.807) is 4.57 Å². The van der Waals surface area contributed by atoms with Crippen LogP contribution in [0.3, 0.4) is 0 Å². The second-order valence-corrected chi connectivity index (χ2v) is 6.30. The minimum atomic E-state index is -1.16. The van der Waals surface area contributed by atoms with Crippen molar-refractivity contribution in [3.8, 4) is 0 Å². The van der Waals surface area contributed by atoms with E-state index in [0.29, 0.717) is 11.2 Å². The monoisotopic (exact) mass is 335 g/mol. The first-order chi connectivity index (χ1) is 11.7. The largest absolute Gasteiger partial charge is 0.394 e. The summed E-state index contributed by atoms with van der Waals surface area (Å²) in [7, 11) is 0. The van der Waals surface area contributed by atoms with Gasteiger partial charge >= 0.3 is 0 Å². The van der Waals surface area contributed by atoms with Gasteiger partial charge in [0.15, 0.2) is 23.2 Å². The first kappa shape index (κ1) is 15.7. The Balaban J connectivity index is 1.71. The molecule has 0 spiro atoms. The third kappa shape index (κ3) is 2.44. The SMILES string of the molecule is OC[C@@H]1O[C@H](n2cnc3c(N4CCCCC4)ncnc32)[C@H](O)[C@@H]1O. The van der Waals surface area contributed by atoms with Gasteiger partial charge in [-0.2, -0.15) is 0 Å². The van der Waals surface area contributed by atoms with E-state index in [1.807, 2.05) is 0 Å². The van der Waals surface area contributed by atoms with E-state index < -0.39 is 24.5 Å². The van der Waals surface area contributed by atoms with E-state index >= 15 is 0 Å². The summed E-state index contributed by atoms with van der Waals surface area (Å²) in [6.45, 7) is 1.51. The van der Waals surface area contributed by atoms with Gasteiger partial charge in [0.05, 0.1) is 12.9 Å². The molecule has 4 atom stereocenters. The smallest absolute Gasteiger partial charge is 0.167 e. The highest BCUT2D eigenvalue weighted by Gasteiger charge is 2.44. The van der Waals surface area contributed by atoms with Crippen LogP contribution in [0.25, 0.3) is 11.2 Å². The molecule has 9 nitrogen and oxygen atoms in total. The molecule has 2 saturated heterocycles. The van der Waals surface area contributed by atoms with Gasteiger partial charge in [0.1, 0.15) is 24.6 Å². The van der Waals surface area contributed by atoms with Crippen molar-refractivity contribution in [2.75, 3.05) is 24.6 Å². The molecular weight excluding hydrogens is 314 g/mol. The summed E-state index contributed by atoms with van der Waals surface area (Å²) < 4.78 is 7.16. The molecule has 0 aromatic carbocycles. The zero-order valence-electron chi connectivity index (χ0n) is 13.2. The highest BCUT2D eigenvalue weighted by molar-refractivity contribution is 5.83. The molecule has 24 heavy (non-hydrogen) atoms. The first-order valence-corrected chi connectivity index (χ1v) is 8.25. The lowest BCUT2D eigenvalue weighted by Crippen LogP contribution is -2.33. The zero-order valence-corrected chi connectivity index (χ0v) is 13.2. The number of anilines is 1. The lowest BCUT2D eigenvalue weighted by molar-refractivity contribution is -0.0511. The number of fused-ring (bicyclic) bond motifs is 1. The second-order valence-electron chi connectivity index (χ2n) is 6.30. The van der Waals surface area contributed by atoms with Crippen LogP contribution in [0.15, 0.2) is 12.7 Å². The maximum absolute atomic E-state index is 10.2. The van der Waals surface area contributed by atoms with E-state index in [2.05, 4.69) is 19.9 Å². The number of hydrogen-bond acceptors (Lipinski definition) is 8. The van der Waals surface area contributed by atoms with Gasteiger partial charge in [-0.25, -0.2) is 15.0 Å². The van der Waals surface area contributed by atoms with Crippen LogP contribution in [0.4, 0.5) is 5.82 Å². The zero-order chi connectivity index (χ0) is 16.7. The Labute approximate surface area is 138 Å². The van der Waals surface area contributed by atoms with Gasteiger partial charge in [-0.15, -0.1) is 0 Å². The maximum Gasteiger partial charge on any atom is 0.167 e. The Morgan fingerprint density at radius 3 is 2.58 bits per heavy atom. The molecule has 130 valence electrons. The van der Waals surface area contributed by atoms with Crippen LogP contribution in [0, 0.1) is 0 Å². The van der Waals surface area contributed by atoms with Crippen molar-refractivity contribution in [1.82, 2.24) is 19.5 Å². The standard InChI is InChI=1S/C15H21N5O4/c21-6-9-11(22)12(23)15(24-9)20-8-18-10-13(16-7-17-14(10)20)19-4-2-1-3-5-19/h7-9,11-12,15,21-23H,1-6H2/t9-,11+,12+,15-/m0/s1. The number of aliphatic hydroxyl groups is 3. The predicted molar refractivity (Wildman–Crippen MR) is 84.4 cm³/mol. The number of ether oxygens (including phenoxy) is 1. The van der Waals surface area contributed by atoms with Crippen LogP contribution in [0.2, 0.25) is 0 Å². The topological polar surface area (TPSA) is 117 Å². The molecule has 3 N–H and O–H groups in total. The van der Waals surface area contributed by atoms with Gasteiger partial charge in [0.25, 0.3) is 0 Å². The number of aromatic nitrogens is 4. The molecule has 2 fully saturated rings. The molecule has 2 aliphatic heterocycles. The van der Waals surface area contributed by atoms with Gasteiger partial charge < -0.3 is 25.0 Å². The fraction of sp³-hybridized carbons (Fsp3) is 0.667. The molecule has 0 saturated carbocycles. The normalized spacial score (nSPS) is 31.0. The molecule has 2 aliphatic rings. The average molecular weight is 335 g/mol. The van der Waals surface area contributed by atoms with E-state index in [9.17, 15) is 15.3 Å². The van der Waals surface area contributed by atoms with Crippen molar-refractivity contribution in [2.45, 2.75) is 43.8 Å². The van der Waals surface area contributed by atoms with E-state index in [1.165, 1.54) is 19.1 Å². The van der Waals surface area contributed by atoms with Crippen LogP contribution < -0.4 is 4.90 Å². The highest BCUT2D eigenvalue weighted by Crippen LogP contribution is 2.33. The molecule has 0 radical (unpaired) electrons. The van der Waals surface area contributed by atoms with E-state index in [-0.39, 0.29) is 6.61 Å². The van der Waals surface area contributed by atoms with Gasteiger partial charge in [-0.1, -0.05) is 0 Å². The number of rotatable bonds is 3. The van der Waals surface area contributed by atoms with Crippen LogP contribution in [-0.4, -0.2) is 72.8 Å². The van der Waals surface area contributed by atoms with E-state index in [4.69, 9.17) is 4.74 Å². The Morgan fingerprint density at radius 2 is 1.88 bits per heavy atom. The van der Waals surface area contributed by atoms with Crippen molar-refractivity contribution in [2.24, 2.45) is 0 Å². The number of imidazole rings is 1. The summed E-state index contributed by atoms with van der Waals surface area (Å²) in [6.07, 6.45) is 2.51. The Kier molecular flexibility index (Phi) is 4.09. The van der Waals surface area contributed by atoms with Gasteiger partial charge in [0, 0.05) is 13.1 Å². The third-order valence-corrected chi connectivity index (χ3v) is 4.79. The molecule has 0 bridgehead atoms. The van der Waals surface area contributed by atoms with Crippen molar-refractivity contribution < 1.29 is 20.1 Å². The van der Waals surface area contributed by atoms with Gasteiger partial charge in [0.2, 0.25) is 0 Å². The van der Waals surface area contributed by atoms with Crippen LogP contribution in [0.1, 0.15) is 25.5 Å². The van der Waals surface area contributed by atoms with Crippen molar-refractivity contribution in [3.63, 3.8) is 0 Å². The molecule has 4 heterocycles. The molecule has 0 amide bonds. The van der Waals surface area contributed by atoms with Crippen molar-refractivity contribution in [3.05, 3.63) is 12.7 Å². The maximum atomic E-state index is 10.2. The lowest BCUT2D eigenvalue weighted by atomic mass is 10.1. The molecular formula is C15H21N5O4. The number of hydrogen-bond donors (Lipinski definition) is 3. The predicted octanol–water partition coefficient (Wildman–Crippen LogP) is -0.572. The molecule has 0 aliphatic carbocycles. The molecule has 0 unspecified atom stereocenters. The number of piperidine rings is 1. The summed E-state index contributed by atoms with van der Waals surface area (Å²) in [4.78, 5) is 15.3. The molecule has 2 aromatic heterocycles. The summed E-state index contributed by atoms with van der Waals surface area (Å²) in [5.41, 5.74) is 1.19. The summed E-state index contributed by atoms with van der Waals surface area (Å²) in [5, 5.41) is 29.4. The van der Waals surface area contributed by atoms with Crippen LogP contribution in [0.5, 0.6) is 0 Å². The lowest BCUT2D eigenvalue weighted by Gasteiger charge is -2.27. The molecule has 2 aromatic rings. The molecule has 9 heteroatoms. The first-order valence-electron chi connectivity index (χ1n) is 8.25. The van der Waals surface area contributed by atoms with Crippen molar-refractivity contribution >= 4 is 17.0 Å². The third-order valence-electron chi connectivity index (χ3n) is 4.79. The minimum Gasteiger partial charge on any atom is -0.394 e. The second kappa shape index (κ2) is 6.25. The minimum absolute atomic E-state index is 0.366. The van der Waals surface area contributed by atoms with Crippen LogP contribution in [-0.2, 0) is 4.74 Å². The van der Waals surface area contributed by atoms with Crippen molar-refractivity contribution in [1.29, 1.82) is 0 Å². The summed E-state index contributed by atoms with van der Waals surface area (Å²) in [5.74, 6) is 0.783. The average Bonchev–Trinajstić information content (AvgIpc) is 3.17. The fourth-order valence-corrected chi connectivity index (χ4v) is 3.47. The summed E-state index contributed by atoms with van der Waals surface area (Å²) in [6, 6.07) is 0. The van der Waals surface area contributed by atoms with E-state index in [0.717, 1.165) is 31.7 Å². The Bertz CT molecular complexity index is 717. The highest BCUT2D eigenvalue weighted by atomic mass is 16.6. The Hall–Kier alpha value is -1.81.